The average Bonchev–Trinajstić information content (AvgIpc) is 2.56. The summed E-state index contributed by atoms with van der Waals surface area (Å²) in [5, 5.41) is 6.78. The largest absolute Gasteiger partial charge is 0.377 e. The zero-order valence-corrected chi connectivity index (χ0v) is 15.2. The fourth-order valence-electron chi connectivity index (χ4n) is 2.25. The summed E-state index contributed by atoms with van der Waals surface area (Å²) in [6.45, 7) is 2.59. The van der Waals surface area contributed by atoms with Gasteiger partial charge < -0.3 is 16.4 Å². The van der Waals surface area contributed by atoms with Crippen LogP contribution in [0.2, 0.25) is 5.02 Å². The molecule has 0 radical (unpaired) electrons. The summed E-state index contributed by atoms with van der Waals surface area (Å²) in [5.41, 5.74) is 8.11. The molecule has 6 heteroatoms. The van der Waals surface area contributed by atoms with E-state index in [1.54, 1.807) is 6.07 Å². The number of hydrogen-bond acceptors (Lipinski definition) is 3. The highest BCUT2D eigenvalue weighted by Gasteiger charge is 2.09. The summed E-state index contributed by atoms with van der Waals surface area (Å²) < 4.78 is 0. The number of halogens is 2. The van der Waals surface area contributed by atoms with E-state index >= 15 is 0 Å². The Hall–Kier alpha value is -1.75. The van der Waals surface area contributed by atoms with Gasteiger partial charge >= 0.3 is 0 Å². The normalized spacial score (nSPS) is 11.3. The van der Waals surface area contributed by atoms with Crippen molar-refractivity contribution in [2.75, 3.05) is 17.2 Å². The first-order valence-electron chi connectivity index (χ1n) is 7.71. The molecule has 4 N–H and O–H groups in total. The van der Waals surface area contributed by atoms with E-state index < -0.39 is 0 Å². The first-order chi connectivity index (χ1) is 11.1. The first-order valence-corrected chi connectivity index (χ1v) is 8.09. The van der Waals surface area contributed by atoms with E-state index in [-0.39, 0.29) is 24.4 Å². The lowest BCUT2D eigenvalue weighted by Crippen LogP contribution is -2.13. The van der Waals surface area contributed by atoms with Crippen molar-refractivity contribution in [1.82, 2.24) is 0 Å². The Morgan fingerprint density at radius 3 is 2.54 bits per heavy atom. The van der Waals surface area contributed by atoms with Crippen LogP contribution < -0.4 is 16.4 Å². The number of amides is 1. The van der Waals surface area contributed by atoms with Crippen molar-refractivity contribution in [1.29, 1.82) is 0 Å². The fraction of sp³-hybridized carbons (Fsp3) is 0.278. The maximum Gasteiger partial charge on any atom is 0.224 e. The van der Waals surface area contributed by atoms with Gasteiger partial charge in [0.1, 0.15) is 0 Å². The minimum atomic E-state index is -0.0510. The molecule has 2 aromatic carbocycles. The summed E-state index contributed by atoms with van der Waals surface area (Å²) in [4.78, 5) is 11.7. The molecule has 2 aromatic rings. The molecule has 24 heavy (non-hydrogen) atoms. The monoisotopic (exact) mass is 367 g/mol. The number of hydrogen-bond donors (Lipinski definition) is 3. The van der Waals surface area contributed by atoms with Crippen LogP contribution in [0.4, 0.5) is 11.4 Å². The molecule has 0 fully saturated rings. The smallest absolute Gasteiger partial charge is 0.224 e. The molecule has 0 saturated carbocycles. The number of carbonyl (C=O) groups is 1. The maximum absolute atomic E-state index is 11.7. The molecule has 1 atom stereocenters. The minimum absolute atomic E-state index is 0. The van der Waals surface area contributed by atoms with Gasteiger partial charge in [-0.2, -0.15) is 0 Å². The molecule has 2 rings (SSSR count). The lowest BCUT2D eigenvalue weighted by atomic mass is 10.1. The van der Waals surface area contributed by atoms with Crippen LogP contribution in [-0.4, -0.2) is 12.5 Å². The molecule has 0 aliphatic carbocycles. The van der Waals surface area contributed by atoms with Gasteiger partial charge in [-0.25, -0.2) is 0 Å². The quantitative estimate of drug-likeness (QED) is 0.668. The zero-order valence-electron chi connectivity index (χ0n) is 13.6. The van der Waals surface area contributed by atoms with E-state index in [0.29, 0.717) is 30.1 Å². The van der Waals surface area contributed by atoms with Gasteiger partial charge in [0.2, 0.25) is 5.91 Å². The number of carbonyl (C=O) groups excluding carboxylic acids is 1. The predicted octanol–water partition coefficient (Wildman–Crippen LogP) is 4.61. The van der Waals surface area contributed by atoms with E-state index in [1.807, 2.05) is 30.3 Å². The number of nitrogens with two attached hydrogens (primary N) is 1. The molecule has 1 amide bonds. The van der Waals surface area contributed by atoms with Gasteiger partial charge in [0, 0.05) is 18.2 Å². The topological polar surface area (TPSA) is 67.1 Å². The number of rotatable bonds is 7. The van der Waals surface area contributed by atoms with Crippen LogP contribution in [0.3, 0.4) is 0 Å². The molecule has 0 heterocycles. The fourth-order valence-corrected chi connectivity index (χ4v) is 2.49. The Morgan fingerprint density at radius 1 is 1.21 bits per heavy atom. The van der Waals surface area contributed by atoms with Crippen molar-refractivity contribution in [3.63, 3.8) is 0 Å². The Morgan fingerprint density at radius 2 is 1.92 bits per heavy atom. The molecule has 0 spiro atoms. The molecule has 0 saturated heterocycles. The van der Waals surface area contributed by atoms with Gasteiger partial charge in [-0.1, -0.05) is 41.9 Å². The second kappa shape index (κ2) is 10.2. The van der Waals surface area contributed by atoms with Gasteiger partial charge in [0.15, 0.2) is 0 Å². The lowest BCUT2D eigenvalue weighted by Gasteiger charge is -2.17. The van der Waals surface area contributed by atoms with Crippen LogP contribution in [0.15, 0.2) is 48.5 Å². The van der Waals surface area contributed by atoms with Crippen LogP contribution >= 0.6 is 24.0 Å². The maximum atomic E-state index is 11.7. The van der Waals surface area contributed by atoms with E-state index in [0.717, 1.165) is 5.69 Å². The molecule has 0 aromatic heterocycles. The van der Waals surface area contributed by atoms with Crippen molar-refractivity contribution in [2.45, 2.75) is 25.8 Å². The molecule has 1 unspecified atom stereocenters. The summed E-state index contributed by atoms with van der Waals surface area (Å²) in [5.74, 6) is -0.0510. The highest BCUT2D eigenvalue weighted by molar-refractivity contribution is 6.33. The van der Waals surface area contributed by atoms with Gasteiger partial charge in [-0.15, -0.1) is 12.4 Å². The number of nitrogens with one attached hydrogen (secondary N) is 2. The van der Waals surface area contributed by atoms with Crippen LogP contribution in [0, 0.1) is 0 Å². The van der Waals surface area contributed by atoms with E-state index in [1.165, 1.54) is 5.56 Å². The highest BCUT2D eigenvalue weighted by Crippen LogP contribution is 2.29. The van der Waals surface area contributed by atoms with Gasteiger partial charge in [0.05, 0.1) is 10.7 Å². The van der Waals surface area contributed by atoms with Crippen LogP contribution in [0.1, 0.15) is 31.4 Å². The van der Waals surface area contributed by atoms with Gasteiger partial charge in [-0.3, -0.25) is 4.79 Å². The third-order valence-corrected chi connectivity index (χ3v) is 3.85. The average molecular weight is 368 g/mol. The molecule has 130 valence electrons. The number of anilines is 2. The predicted molar refractivity (Wildman–Crippen MR) is 104 cm³/mol. The van der Waals surface area contributed by atoms with Gasteiger partial charge in [0.25, 0.3) is 0 Å². The van der Waals surface area contributed by atoms with E-state index in [9.17, 15) is 4.79 Å². The standard InChI is InChI=1S/C18H22ClN3O.ClH/c1-13(14-6-3-2-4-7-14)21-17-10-9-15(12-16(17)19)22-18(23)8-5-11-20;/h2-4,6-7,9-10,12-13,21H,5,8,11,20H2,1H3,(H,22,23);1H. The zero-order chi connectivity index (χ0) is 16.7. The first kappa shape index (κ1) is 20.3. The molecule has 0 bridgehead atoms. The van der Waals surface area contributed by atoms with E-state index in [4.69, 9.17) is 17.3 Å². The van der Waals surface area contributed by atoms with Crippen molar-refractivity contribution in [3.05, 3.63) is 59.1 Å². The third kappa shape index (κ3) is 6.04. The Balaban J connectivity index is 0.00000288. The van der Waals surface area contributed by atoms with Crippen LogP contribution in [-0.2, 0) is 4.79 Å². The molecular weight excluding hydrogens is 345 g/mol. The second-order valence-electron chi connectivity index (χ2n) is 5.41. The van der Waals surface area contributed by atoms with Crippen molar-refractivity contribution >= 4 is 41.3 Å². The molecule has 0 aliphatic rings. The second-order valence-corrected chi connectivity index (χ2v) is 5.82. The molecular formula is C18H23Cl2N3O. The lowest BCUT2D eigenvalue weighted by molar-refractivity contribution is -0.116. The van der Waals surface area contributed by atoms with Crippen molar-refractivity contribution in [2.24, 2.45) is 5.73 Å². The summed E-state index contributed by atoms with van der Waals surface area (Å²) >= 11 is 6.31. The highest BCUT2D eigenvalue weighted by atomic mass is 35.5. The van der Waals surface area contributed by atoms with Gasteiger partial charge in [-0.05, 0) is 43.7 Å². The molecule has 0 aliphatic heterocycles. The third-order valence-electron chi connectivity index (χ3n) is 3.53. The van der Waals surface area contributed by atoms with Crippen molar-refractivity contribution in [3.8, 4) is 0 Å². The van der Waals surface area contributed by atoms with E-state index in [2.05, 4.69) is 29.7 Å². The Bertz CT molecular complexity index is 650. The van der Waals surface area contributed by atoms with Crippen LogP contribution in [0.25, 0.3) is 0 Å². The summed E-state index contributed by atoms with van der Waals surface area (Å²) in [6.07, 6.45) is 1.09. The summed E-state index contributed by atoms with van der Waals surface area (Å²) in [7, 11) is 0. The Labute approximate surface area is 154 Å². The Kier molecular flexibility index (Phi) is 8.61. The minimum Gasteiger partial charge on any atom is -0.377 e. The van der Waals surface area contributed by atoms with Crippen LogP contribution in [0.5, 0.6) is 0 Å². The van der Waals surface area contributed by atoms with Crippen molar-refractivity contribution < 1.29 is 4.79 Å². The summed E-state index contributed by atoms with van der Waals surface area (Å²) in [6, 6.07) is 15.7. The SMILES string of the molecule is CC(Nc1ccc(NC(=O)CCCN)cc1Cl)c1ccccc1.Cl. The molecule has 4 nitrogen and oxygen atoms in total. The number of benzene rings is 2.